The zero-order valence-electron chi connectivity index (χ0n) is 11.4. The molecule has 3 rings (SSSR count). The molecule has 1 saturated carbocycles. The van der Waals surface area contributed by atoms with E-state index in [2.05, 4.69) is 15.9 Å². The first-order valence-corrected chi connectivity index (χ1v) is 8.16. The Morgan fingerprint density at radius 3 is 2.80 bits per heavy atom. The Labute approximate surface area is 127 Å². The molecular weight excluding hydrogens is 323 g/mol. The van der Waals surface area contributed by atoms with Crippen LogP contribution < -0.4 is 0 Å². The van der Waals surface area contributed by atoms with Crippen molar-refractivity contribution in [2.75, 3.05) is 6.61 Å². The van der Waals surface area contributed by atoms with Crippen LogP contribution in [0.15, 0.2) is 22.7 Å². The van der Waals surface area contributed by atoms with Gasteiger partial charge in [-0.15, -0.1) is 0 Å². The molecule has 2 atom stereocenters. The van der Waals surface area contributed by atoms with Crippen molar-refractivity contribution in [3.63, 3.8) is 0 Å². The van der Waals surface area contributed by atoms with Gasteiger partial charge in [0.05, 0.1) is 16.2 Å². The average Bonchev–Trinajstić information content (AvgIpc) is 2.89. The van der Waals surface area contributed by atoms with Gasteiger partial charge in [-0.05, 0) is 65.2 Å². The lowest BCUT2D eigenvalue weighted by atomic mass is 9.80. The normalized spacial score (nSPS) is 26.9. The van der Waals surface area contributed by atoms with Crippen LogP contribution in [0.2, 0.25) is 0 Å². The molecule has 0 radical (unpaired) electrons. The Morgan fingerprint density at radius 1 is 1.35 bits per heavy atom. The van der Waals surface area contributed by atoms with Crippen LogP contribution in [0, 0.1) is 11.7 Å². The molecule has 1 aliphatic carbocycles. The summed E-state index contributed by atoms with van der Waals surface area (Å²) in [4.78, 5) is 0. The van der Waals surface area contributed by atoms with Gasteiger partial charge in [-0.2, -0.15) is 0 Å². The van der Waals surface area contributed by atoms with Gasteiger partial charge >= 0.3 is 0 Å². The Balaban J connectivity index is 1.75. The molecule has 20 heavy (non-hydrogen) atoms. The van der Waals surface area contributed by atoms with Gasteiger partial charge in [0.15, 0.2) is 0 Å². The Kier molecular flexibility index (Phi) is 4.16. The highest BCUT2D eigenvalue weighted by Crippen LogP contribution is 2.45. The Bertz CT molecular complexity index is 485. The van der Waals surface area contributed by atoms with Gasteiger partial charge in [0, 0.05) is 6.61 Å². The summed E-state index contributed by atoms with van der Waals surface area (Å²) in [6.45, 7) is 0.726. The molecule has 2 aliphatic rings. The first kappa shape index (κ1) is 14.5. The van der Waals surface area contributed by atoms with Crippen molar-refractivity contribution in [3.8, 4) is 0 Å². The molecule has 1 aromatic rings. The van der Waals surface area contributed by atoms with E-state index in [1.165, 1.54) is 18.9 Å². The topological polar surface area (TPSA) is 29.5 Å². The first-order valence-electron chi connectivity index (χ1n) is 7.37. The van der Waals surface area contributed by atoms with Crippen LogP contribution >= 0.6 is 15.9 Å². The van der Waals surface area contributed by atoms with Gasteiger partial charge in [0.2, 0.25) is 0 Å². The average molecular weight is 343 g/mol. The number of benzene rings is 1. The van der Waals surface area contributed by atoms with Gasteiger partial charge in [-0.25, -0.2) is 4.39 Å². The number of aliphatic hydroxyl groups excluding tert-OH is 1. The highest BCUT2D eigenvalue weighted by atomic mass is 79.9. The summed E-state index contributed by atoms with van der Waals surface area (Å²) in [5, 5.41) is 10.6. The predicted molar refractivity (Wildman–Crippen MR) is 78.9 cm³/mol. The Morgan fingerprint density at radius 2 is 2.10 bits per heavy atom. The third-order valence-electron chi connectivity index (χ3n) is 4.78. The lowest BCUT2D eigenvalue weighted by molar-refractivity contribution is -0.113. The van der Waals surface area contributed by atoms with E-state index in [0.717, 1.165) is 37.9 Å². The van der Waals surface area contributed by atoms with E-state index in [9.17, 15) is 9.50 Å². The van der Waals surface area contributed by atoms with Crippen molar-refractivity contribution in [2.45, 2.75) is 50.2 Å². The summed E-state index contributed by atoms with van der Waals surface area (Å²) in [5.74, 6) is -0.0839. The van der Waals surface area contributed by atoms with E-state index in [1.807, 2.05) is 0 Å². The third-order valence-corrected chi connectivity index (χ3v) is 5.39. The predicted octanol–water partition coefficient (Wildman–Crippen LogP) is 4.36. The summed E-state index contributed by atoms with van der Waals surface area (Å²) >= 11 is 3.19. The molecule has 4 heteroatoms. The van der Waals surface area contributed by atoms with Crippen LogP contribution in [0.3, 0.4) is 0 Å². The van der Waals surface area contributed by atoms with Crippen LogP contribution in [-0.2, 0) is 4.74 Å². The van der Waals surface area contributed by atoms with E-state index in [4.69, 9.17) is 4.74 Å². The molecule has 0 bridgehead atoms. The number of hydrogen-bond acceptors (Lipinski definition) is 2. The molecule has 2 fully saturated rings. The van der Waals surface area contributed by atoms with E-state index in [0.29, 0.717) is 4.47 Å². The fourth-order valence-corrected chi connectivity index (χ4v) is 4.07. The standard InChI is InChI=1S/C16H20BrFO2/c17-13-9-11(3-4-14(13)18)15(19)12-5-8-20-16(10-12)6-1-2-7-16/h3-4,9,12,15,19H,1-2,5-8,10H2. The maximum Gasteiger partial charge on any atom is 0.137 e. The number of rotatable bonds is 2. The third kappa shape index (κ3) is 2.78. The molecule has 110 valence electrons. The highest BCUT2D eigenvalue weighted by molar-refractivity contribution is 9.10. The summed E-state index contributed by atoms with van der Waals surface area (Å²) in [7, 11) is 0. The second-order valence-corrected chi connectivity index (χ2v) is 6.96. The molecule has 0 amide bonds. The van der Waals surface area contributed by atoms with Crippen LogP contribution in [0.4, 0.5) is 4.39 Å². The zero-order chi connectivity index (χ0) is 14.2. The molecule has 1 aliphatic heterocycles. The van der Waals surface area contributed by atoms with Gasteiger partial charge in [-0.1, -0.05) is 18.9 Å². The number of hydrogen-bond donors (Lipinski definition) is 1. The molecule has 1 N–H and O–H groups in total. The van der Waals surface area contributed by atoms with Crippen molar-refractivity contribution in [1.29, 1.82) is 0 Å². The van der Waals surface area contributed by atoms with E-state index >= 15 is 0 Å². The first-order chi connectivity index (χ1) is 9.60. The monoisotopic (exact) mass is 342 g/mol. The SMILES string of the molecule is OC(c1ccc(F)c(Br)c1)C1CCOC2(CCCC2)C1. The smallest absolute Gasteiger partial charge is 0.137 e. The van der Waals surface area contributed by atoms with E-state index < -0.39 is 6.10 Å². The van der Waals surface area contributed by atoms with Crippen LogP contribution in [0.25, 0.3) is 0 Å². The maximum absolute atomic E-state index is 13.3. The van der Waals surface area contributed by atoms with Crippen molar-refractivity contribution >= 4 is 15.9 Å². The number of ether oxygens (including phenoxy) is 1. The minimum absolute atomic E-state index is 0.00115. The van der Waals surface area contributed by atoms with Crippen LogP contribution in [-0.4, -0.2) is 17.3 Å². The minimum Gasteiger partial charge on any atom is -0.388 e. The summed E-state index contributed by atoms with van der Waals surface area (Å²) in [5.41, 5.74) is 0.791. The molecule has 2 unspecified atom stereocenters. The van der Waals surface area contributed by atoms with Gasteiger partial charge in [0.1, 0.15) is 5.82 Å². The molecular formula is C16H20BrFO2. The highest BCUT2D eigenvalue weighted by Gasteiger charge is 2.41. The molecule has 1 aromatic carbocycles. The fraction of sp³-hybridized carbons (Fsp3) is 0.625. The van der Waals surface area contributed by atoms with Crippen molar-refractivity contribution in [2.24, 2.45) is 5.92 Å². The van der Waals surface area contributed by atoms with Crippen molar-refractivity contribution in [3.05, 3.63) is 34.1 Å². The van der Waals surface area contributed by atoms with E-state index in [-0.39, 0.29) is 17.3 Å². The number of halogens is 2. The second kappa shape index (κ2) is 5.74. The fourth-order valence-electron chi connectivity index (χ4n) is 3.67. The lowest BCUT2D eigenvalue weighted by Gasteiger charge is -2.40. The van der Waals surface area contributed by atoms with Gasteiger partial charge < -0.3 is 9.84 Å². The summed E-state index contributed by atoms with van der Waals surface area (Å²) < 4.78 is 19.7. The largest absolute Gasteiger partial charge is 0.388 e. The molecule has 2 nitrogen and oxygen atoms in total. The molecule has 0 aromatic heterocycles. The van der Waals surface area contributed by atoms with Gasteiger partial charge in [-0.3, -0.25) is 0 Å². The van der Waals surface area contributed by atoms with Gasteiger partial charge in [0.25, 0.3) is 0 Å². The van der Waals surface area contributed by atoms with E-state index in [1.54, 1.807) is 12.1 Å². The lowest BCUT2D eigenvalue weighted by Crippen LogP contribution is -2.39. The summed E-state index contributed by atoms with van der Waals surface area (Å²) in [6.07, 6.45) is 5.94. The number of aliphatic hydroxyl groups is 1. The maximum atomic E-state index is 13.3. The van der Waals surface area contributed by atoms with Crippen LogP contribution in [0.1, 0.15) is 50.2 Å². The molecule has 1 spiro atoms. The molecule has 1 heterocycles. The minimum atomic E-state index is -0.534. The quantitative estimate of drug-likeness (QED) is 0.865. The zero-order valence-corrected chi connectivity index (χ0v) is 13.0. The van der Waals surface area contributed by atoms with Crippen molar-refractivity contribution in [1.82, 2.24) is 0 Å². The summed E-state index contributed by atoms with van der Waals surface area (Å²) in [6, 6.07) is 4.78. The van der Waals surface area contributed by atoms with Crippen molar-refractivity contribution < 1.29 is 14.2 Å². The Hall–Kier alpha value is -0.450. The van der Waals surface area contributed by atoms with Crippen LogP contribution in [0.5, 0.6) is 0 Å². The molecule has 1 saturated heterocycles. The second-order valence-electron chi connectivity index (χ2n) is 6.11.